The number of urea groups is 1. The average molecular weight is 355 g/mol. The largest absolute Gasteiger partial charge is 0.388 e. The number of carbonyl (C=O) groups is 1. The van der Waals surface area contributed by atoms with Gasteiger partial charge < -0.3 is 15.7 Å². The van der Waals surface area contributed by atoms with Gasteiger partial charge in [-0.05, 0) is 41.0 Å². The number of halogens is 1. The third-order valence-electron chi connectivity index (χ3n) is 3.97. The lowest BCUT2D eigenvalue weighted by atomic mass is 9.99. The van der Waals surface area contributed by atoms with E-state index < -0.39 is 6.10 Å². The van der Waals surface area contributed by atoms with Gasteiger partial charge in [0.25, 0.3) is 0 Å². The van der Waals surface area contributed by atoms with Crippen LogP contribution in [0.1, 0.15) is 18.1 Å². The Morgan fingerprint density at radius 2 is 1.80 bits per heavy atom. The second-order valence-electron chi connectivity index (χ2n) is 5.76. The van der Waals surface area contributed by atoms with Gasteiger partial charge in [-0.1, -0.05) is 60.1 Å². The summed E-state index contributed by atoms with van der Waals surface area (Å²) in [5, 5.41) is 18.6. The van der Waals surface area contributed by atoms with Crippen LogP contribution < -0.4 is 10.6 Å². The molecule has 0 aliphatic rings. The zero-order valence-electron chi connectivity index (χ0n) is 13.6. The molecule has 0 aliphatic carbocycles. The molecular formula is C20H19ClN2O2. The summed E-state index contributed by atoms with van der Waals surface area (Å²) < 4.78 is 0. The van der Waals surface area contributed by atoms with Gasteiger partial charge in [0.05, 0.1) is 6.10 Å². The Bertz CT molecular complexity index is 877. The maximum Gasteiger partial charge on any atom is 0.319 e. The summed E-state index contributed by atoms with van der Waals surface area (Å²) in [6.45, 7) is 0.358. The summed E-state index contributed by atoms with van der Waals surface area (Å²) in [7, 11) is 0. The van der Waals surface area contributed by atoms with Crippen molar-refractivity contribution in [3.8, 4) is 0 Å². The molecule has 128 valence electrons. The summed E-state index contributed by atoms with van der Waals surface area (Å²) in [5.74, 6) is 0. The number of hydrogen-bond donors (Lipinski definition) is 3. The average Bonchev–Trinajstić information content (AvgIpc) is 2.61. The highest BCUT2D eigenvalue weighted by atomic mass is 35.5. The molecule has 0 spiro atoms. The Kier molecular flexibility index (Phi) is 5.53. The molecule has 0 aliphatic heterocycles. The molecule has 0 saturated heterocycles. The van der Waals surface area contributed by atoms with Crippen molar-refractivity contribution in [2.24, 2.45) is 0 Å². The summed E-state index contributed by atoms with van der Waals surface area (Å²) in [5.41, 5.74) is 1.50. The van der Waals surface area contributed by atoms with E-state index in [9.17, 15) is 9.90 Å². The van der Waals surface area contributed by atoms with Crippen LogP contribution in [0.4, 0.5) is 10.5 Å². The minimum absolute atomic E-state index is 0.326. The van der Waals surface area contributed by atoms with Gasteiger partial charge in [0.15, 0.2) is 0 Å². The number of aliphatic hydroxyl groups excluding tert-OH is 1. The number of benzene rings is 3. The van der Waals surface area contributed by atoms with Crippen molar-refractivity contribution in [1.82, 2.24) is 5.32 Å². The predicted molar refractivity (Wildman–Crippen MR) is 102 cm³/mol. The quantitative estimate of drug-likeness (QED) is 0.619. The highest BCUT2D eigenvalue weighted by Gasteiger charge is 2.11. The summed E-state index contributed by atoms with van der Waals surface area (Å²) in [6.07, 6.45) is -0.214. The molecular weight excluding hydrogens is 336 g/mol. The fourth-order valence-electron chi connectivity index (χ4n) is 2.76. The molecule has 3 rings (SSSR count). The lowest BCUT2D eigenvalue weighted by Crippen LogP contribution is -2.30. The van der Waals surface area contributed by atoms with Crippen molar-refractivity contribution in [3.05, 3.63) is 77.3 Å². The van der Waals surface area contributed by atoms with Gasteiger partial charge in [0.2, 0.25) is 0 Å². The molecule has 5 heteroatoms. The maximum atomic E-state index is 11.9. The molecule has 0 bridgehead atoms. The number of hydrogen-bond acceptors (Lipinski definition) is 2. The van der Waals surface area contributed by atoms with Gasteiger partial charge in [-0.25, -0.2) is 4.79 Å². The molecule has 3 aromatic carbocycles. The summed E-state index contributed by atoms with van der Waals surface area (Å²) in [4.78, 5) is 11.9. The van der Waals surface area contributed by atoms with Crippen molar-refractivity contribution in [2.45, 2.75) is 12.5 Å². The second kappa shape index (κ2) is 8.01. The van der Waals surface area contributed by atoms with Crippen LogP contribution in [0.2, 0.25) is 5.02 Å². The highest BCUT2D eigenvalue weighted by molar-refractivity contribution is 6.30. The van der Waals surface area contributed by atoms with Gasteiger partial charge in [-0.15, -0.1) is 0 Å². The predicted octanol–water partition coefficient (Wildman–Crippen LogP) is 4.74. The molecule has 3 N–H and O–H groups in total. The van der Waals surface area contributed by atoms with Crippen LogP contribution >= 0.6 is 11.6 Å². The fourth-order valence-corrected chi connectivity index (χ4v) is 2.95. The van der Waals surface area contributed by atoms with Crippen LogP contribution in [0.25, 0.3) is 10.8 Å². The molecule has 0 heterocycles. The smallest absolute Gasteiger partial charge is 0.319 e. The molecule has 0 radical (unpaired) electrons. The highest BCUT2D eigenvalue weighted by Crippen LogP contribution is 2.25. The third-order valence-corrected chi connectivity index (χ3v) is 4.20. The molecule has 0 aromatic heterocycles. The number of nitrogens with one attached hydrogen (secondary N) is 2. The van der Waals surface area contributed by atoms with Gasteiger partial charge in [-0.2, -0.15) is 0 Å². The van der Waals surface area contributed by atoms with E-state index >= 15 is 0 Å². The van der Waals surface area contributed by atoms with Crippen LogP contribution in [0.5, 0.6) is 0 Å². The summed E-state index contributed by atoms with van der Waals surface area (Å²) >= 11 is 5.88. The van der Waals surface area contributed by atoms with Crippen molar-refractivity contribution >= 4 is 34.1 Å². The number of aliphatic hydroxyl groups is 1. The van der Waals surface area contributed by atoms with Crippen LogP contribution in [-0.2, 0) is 0 Å². The third kappa shape index (κ3) is 4.50. The zero-order chi connectivity index (χ0) is 17.6. The monoisotopic (exact) mass is 354 g/mol. The molecule has 25 heavy (non-hydrogen) atoms. The Morgan fingerprint density at radius 1 is 1.04 bits per heavy atom. The SMILES string of the molecule is O=C(NCC[C@@H](O)c1cccc2ccccc12)Nc1cccc(Cl)c1. The van der Waals surface area contributed by atoms with Crippen LogP contribution in [0.15, 0.2) is 66.7 Å². The molecule has 3 aromatic rings. The van der Waals surface area contributed by atoms with E-state index in [0.717, 1.165) is 16.3 Å². The first-order valence-corrected chi connectivity index (χ1v) is 8.47. The fraction of sp³-hybridized carbons (Fsp3) is 0.150. The molecule has 1 atom stereocenters. The van der Waals surface area contributed by atoms with Gasteiger partial charge >= 0.3 is 6.03 Å². The lowest BCUT2D eigenvalue weighted by molar-refractivity contribution is 0.169. The van der Waals surface area contributed by atoms with E-state index in [1.807, 2.05) is 42.5 Å². The zero-order valence-corrected chi connectivity index (χ0v) is 14.3. The number of amides is 2. The van der Waals surface area contributed by atoms with E-state index in [-0.39, 0.29) is 6.03 Å². The molecule has 0 fully saturated rings. The Labute approximate surface area is 151 Å². The van der Waals surface area contributed by atoms with Crippen LogP contribution in [-0.4, -0.2) is 17.7 Å². The first-order valence-electron chi connectivity index (χ1n) is 8.09. The van der Waals surface area contributed by atoms with Gasteiger partial charge in [-0.3, -0.25) is 0 Å². The summed E-state index contributed by atoms with van der Waals surface area (Å²) in [6, 6.07) is 20.4. The van der Waals surface area contributed by atoms with Crippen molar-refractivity contribution in [3.63, 3.8) is 0 Å². The maximum absolute atomic E-state index is 11.9. The van der Waals surface area contributed by atoms with E-state index in [0.29, 0.717) is 23.7 Å². The molecule has 4 nitrogen and oxygen atoms in total. The van der Waals surface area contributed by atoms with E-state index in [2.05, 4.69) is 10.6 Å². The van der Waals surface area contributed by atoms with Crippen molar-refractivity contribution < 1.29 is 9.90 Å². The van der Waals surface area contributed by atoms with Gasteiger partial charge in [0.1, 0.15) is 0 Å². The standard InChI is InChI=1S/C20H19ClN2O2/c21-15-7-4-8-16(13-15)23-20(25)22-12-11-19(24)18-10-3-6-14-5-1-2-9-17(14)18/h1-10,13,19,24H,11-12H2,(H2,22,23,25)/t19-/m1/s1. The Balaban J connectivity index is 1.55. The van der Waals surface area contributed by atoms with Gasteiger partial charge in [0, 0.05) is 17.3 Å². The van der Waals surface area contributed by atoms with E-state index in [1.165, 1.54) is 0 Å². The lowest BCUT2D eigenvalue weighted by Gasteiger charge is -2.14. The second-order valence-corrected chi connectivity index (χ2v) is 6.20. The van der Waals surface area contributed by atoms with Crippen LogP contribution in [0, 0.1) is 0 Å². The Hall–Kier alpha value is -2.56. The number of fused-ring (bicyclic) bond motifs is 1. The van der Waals surface area contributed by atoms with Crippen molar-refractivity contribution in [1.29, 1.82) is 0 Å². The van der Waals surface area contributed by atoms with Crippen LogP contribution in [0.3, 0.4) is 0 Å². The molecule has 0 unspecified atom stereocenters. The number of rotatable bonds is 5. The van der Waals surface area contributed by atoms with E-state index in [4.69, 9.17) is 11.6 Å². The Morgan fingerprint density at radius 3 is 2.64 bits per heavy atom. The minimum Gasteiger partial charge on any atom is -0.388 e. The minimum atomic E-state index is -0.641. The molecule has 2 amide bonds. The van der Waals surface area contributed by atoms with E-state index in [1.54, 1.807) is 24.3 Å². The first kappa shape index (κ1) is 17.3. The number of carbonyl (C=O) groups excluding carboxylic acids is 1. The number of anilines is 1. The topological polar surface area (TPSA) is 61.4 Å². The molecule has 0 saturated carbocycles. The first-order chi connectivity index (χ1) is 12.1. The normalized spacial score (nSPS) is 11.9. The van der Waals surface area contributed by atoms with Crippen molar-refractivity contribution in [2.75, 3.05) is 11.9 Å².